The molecule has 0 radical (unpaired) electrons. The first-order chi connectivity index (χ1) is 5.22. The molecule has 0 aromatic carbocycles. The summed E-state index contributed by atoms with van der Waals surface area (Å²) in [6.07, 6.45) is 0. The number of rotatable bonds is 3. The van der Waals surface area contributed by atoms with Crippen molar-refractivity contribution in [2.24, 2.45) is 0 Å². The predicted molar refractivity (Wildman–Crippen MR) is 47.6 cm³/mol. The molecule has 2 nitrogen and oxygen atoms in total. The van der Waals surface area contributed by atoms with Gasteiger partial charge in [0.15, 0.2) is 0 Å². The number of aliphatic hydroxyl groups excluding tert-OH is 1. The second-order valence-electron chi connectivity index (χ2n) is 2.82. The highest BCUT2D eigenvalue weighted by atomic mass is 32.1. The van der Waals surface area contributed by atoms with Crippen LogP contribution in [-0.2, 0) is 13.2 Å². The van der Waals surface area contributed by atoms with Gasteiger partial charge in [-0.25, -0.2) is 0 Å². The van der Waals surface area contributed by atoms with Crippen molar-refractivity contribution in [3.8, 4) is 0 Å². The lowest BCUT2D eigenvalue weighted by atomic mass is 10.3. The number of nitrogens with zero attached hydrogens (tertiary/aromatic N) is 1. The van der Waals surface area contributed by atoms with Crippen molar-refractivity contribution in [3.63, 3.8) is 0 Å². The second-order valence-corrected chi connectivity index (χ2v) is 3.81. The molecule has 0 saturated carbocycles. The molecule has 1 rings (SSSR count). The van der Waals surface area contributed by atoms with Crippen LogP contribution in [0.5, 0.6) is 0 Å². The first-order valence-electron chi connectivity index (χ1n) is 3.54. The van der Waals surface area contributed by atoms with Crippen LogP contribution in [0.1, 0.15) is 10.4 Å². The minimum atomic E-state index is 0.165. The molecule has 0 fully saturated rings. The number of thiophene rings is 1. The van der Waals surface area contributed by atoms with Gasteiger partial charge in [-0.15, -0.1) is 11.3 Å². The smallest absolute Gasteiger partial charge is 0.0774 e. The molecular formula is C8H13NOS. The van der Waals surface area contributed by atoms with E-state index in [0.29, 0.717) is 0 Å². The molecule has 0 atom stereocenters. The Balaban J connectivity index is 2.58. The molecule has 1 N–H and O–H groups in total. The maximum atomic E-state index is 8.78. The fourth-order valence-corrected chi connectivity index (χ4v) is 1.70. The zero-order chi connectivity index (χ0) is 8.27. The van der Waals surface area contributed by atoms with Crippen molar-refractivity contribution >= 4 is 11.3 Å². The maximum absolute atomic E-state index is 8.78. The highest BCUT2D eigenvalue weighted by molar-refractivity contribution is 7.10. The third-order valence-electron chi connectivity index (χ3n) is 1.36. The fraction of sp³-hybridized carbons (Fsp3) is 0.500. The lowest BCUT2D eigenvalue weighted by Gasteiger charge is -2.06. The minimum absolute atomic E-state index is 0.165. The van der Waals surface area contributed by atoms with Crippen LogP contribution < -0.4 is 0 Å². The molecule has 62 valence electrons. The van der Waals surface area contributed by atoms with Crippen LogP contribution in [0.25, 0.3) is 0 Å². The second kappa shape index (κ2) is 3.85. The monoisotopic (exact) mass is 171 g/mol. The van der Waals surface area contributed by atoms with Crippen LogP contribution >= 0.6 is 11.3 Å². The third-order valence-corrected chi connectivity index (χ3v) is 2.33. The van der Waals surface area contributed by atoms with Gasteiger partial charge in [-0.2, -0.15) is 0 Å². The molecule has 0 aliphatic rings. The molecular weight excluding hydrogens is 158 g/mol. The van der Waals surface area contributed by atoms with Gasteiger partial charge < -0.3 is 10.0 Å². The van der Waals surface area contributed by atoms with Crippen LogP contribution in [0.15, 0.2) is 11.4 Å². The molecule has 0 amide bonds. The van der Waals surface area contributed by atoms with E-state index in [9.17, 15) is 0 Å². The Morgan fingerprint density at radius 3 is 2.73 bits per heavy atom. The molecule has 0 aliphatic carbocycles. The van der Waals surface area contributed by atoms with Crippen LogP contribution in [0.2, 0.25) is 0 Å². The van der Waals surface area contributed by atoms with E-state index in [1.54, 1.807) is 11.3 Å². The van der Waals surface area contributed by atoms with Crippen molar-refractivity contribution in [2.45, 2.75) is 13.2 Å². The molecule has 3 heteroatoms. The Morgan fingerprint density at radius 2 is 2.27 bits per heavy atom. The van der Waals surface area contributed by atoms with Gasteiger partial charge in [-0.1, -0.05) is 0 Å². The Hall–Kier alpha value is -0.380. The van der Waals surface area contributed by atoms with Gasteiger partial charge in [0, 0.05) is 11.4 Å². The fourth-order valence-electron chi connectivity index (χ4n) is 0.957. The number of hydrogen-bond acceptors (Lipinski definition) is 3. The molecule has 1 aromatic rings. The van der Waals surface area contributed by atoms with Gasteiger partial charge in [0.2, 0.25) is 0 Å². The van der Waals surface area contributed by atoms with Crippen LogP contribution in [0.4, 0.5) is 0 Å². The molecule has 1 heterocycles. The summed E-state index contributed by atoms with van der Waals surface area (Å²) in [7, 11) is 4.08. The van der Waals surface area contributed by atoms with Crippen molar-refractivity contribution in [2.75, 3.05) is 14.1 Å². The molecule has 11 heavy (non-hydrogen) atoms. The highest BCUT2D eigenvalue weighted by Crippen LogP contribution is 2.15. The molecule has 0 aliphatic heterocycles. The Kier molecular flexibility index (Phi) is 3.05. The van der Waals surface area contributed by atoms with Crippen molar-refractivity contribution in [1.82, 2.24) is 4.90 Å². The lowest BCUT2D eigenvalue weighted by molar-refractivity contribution is 0.285. The Morgan fingerprint density at radius 1 is 1.55 bits per heavy atom. The summed E-state index contributed by atoms with van der Waals surface area (Å²) in [5, 5.41) is 10.9. The molecule has 0 spiro atoms. The zero-order valence-electron chi connectivity index (χ0n) is 6.87. The van der Waals surface area contributed by atoms with Crippen LogP contribution in [-0.4, -0.2) is 24.1 Å². The third kappa shape index (κ3) is 2.61. The van der Waals surface area contributed by atoms with Gasteiger partial charge in [-0.3, -0.25) is 0 Å². The number of aliphatic hydroxyl groups is 1. The van der Waals surface area contributed by atoms with Gasteiger partial charge in [-0.05, 0) is 31.1 Å². The zero-order valence-corrected chi connectivity index (χ0v) is 7.69. The summed E-state index contributed by atoms with van der Waals surface area (Å²) < 4.78 is 0. The molecule has 0 unspecified atom stereocenters. The molecule has 0 bridgehead atoms. The van der Waals surface area contributed by atoms with E-state index < -0.39 is 0 Å². The Bertz CT molecular complexity index is 220. The van der Waals surface area contributed by atoms with Crippen LogP contribution in [0, 0.1) is 0 Å². The molecule has 0 saturated heterocycles. The largest absolute Gasteiger partial charge is 0.391 e. The average molecular weight is 171 g/mol. The average Bonchev–Trinajstić information content (AvgIpc) is 2.34. The van der Waals surface area contributed by atoms with Gasteiger partial charge in [0.05, 0.1) is 6.61 Å². The summed E-state index contributed by atoms with van der Waals surface area (Å²) in [4.78, 5) is 3.16. The van der Waals surface area contributed by atoms with E-state index >= 15 is 0 Å². The summed E-state index contributed by atoms with van der Waals surface area (Å²) in [5.74, 6) is 0. The van der Waals surface area contributed by atoms with E-state index in [1.165, 1.54) is 5.56 Å². The topological polar surface area (TPSA) is 23.5 Å². The van der Waals surface area contributed by atoms with E-state index in [0.717, 1.165) is 11.4 Å². The van der Waals surface area contributed by atoms with E-state index in [4.69, 9.17) is 5.11 Å². The summed E-state index contributed by atoms with van der Waals surface area (Å²) in [5.41, 5.74) is 1.28. The van der Waals surface area contributed by atoms with E-state index in [-0.39, 0.29) is 6.61 Å². The standard InChI is InChI=1S/C8H13NOS/c1-9(2)4-7-3-8(5-10)11-6-7/h3,6,10H,4-5H2,1-2H3. The first-order valence-corrected chi connectivity index (χ1v) is 4.42. The first kappa shape index (κ1) is 8.71. The van der Waals surface area contributed by atoms with Crippen LogP contribution in [0.3, 0.4) is 0 Å². The Labute approximate surface area is 71.1 Å². The quantitative estimate of drug-likeness (QED) is 0.741. The van der Waals surface area contributed by atoms with Crippen molar-refractivity contribution in [3.05, 3.63) is 21.9 Å². The van der Waals surface area contributed by atoms with Gasteiger partial charge in [0.25, 0.3) is 0 Å². The summed E-state index contributed by atoms with van der Waals surface area (Å²) in [6.45, 7) is 1.12. The normalized spacial score (nSPS) is 10.9. The van der Waals surface area contributed by atoms with E-state index in [2.05, 4.69) is 10.3 Å². The SMILES string of the molecule is CN(C)Cc1csc(CO)c1. The van der Waals surface area contributed by atoms with E-state index in [1.807, 2.05) is 20.2 Å². The van der Waals surface area contributed by atoms with Crippen molar-refractivity contribution < 1.29 is 5.11 Å². The maximum Gasteiger partial charge on any atom is 0.0774 e. The van der Waals surface area contributed by atoms with Crippen molar-refractivity contribution in [1.29, 1.82) is 0 Å². The number of hydrogen-bond donors (Lipinski definition) is 1. The predicted octanol–water partition coefficient (Wildman–Crippen LogP) is 1.30. The minimum Gasteiger partial charge on any atom is -0.391 e. The molecule has 1 aromatic heterocycles. The van der Waals surface area contributed by atoms with Gasteiger partial charge >= 0.3 is 0 Å². The lowest BCUT2D eigenvalue weighted by Crippen LogP contribution is -2.09. The summed E-state index contributed by atoms with van der Waals surface area (Å²) >= 11 is 1.61. The van der Waals surface area contributed by atoms with Gasteiger partial charge in [0.1, 0.15) is 0 Å². The highest BCUT2D eigenvalue weighted by Gasteiger charge is 1.98. The summed E-state index contributed by atoms with van der Waals surface area (Å²) in [6, 6.07) is 2.05.